The minimum atomic E-state index is -0.983. The van der Waals surface area contributed by atoms with Gasteiger partial charge in [0.2, 0.25) is 0 Å². The molecule has 7 nitrogen and oxygen atoms in total. The summed E-state index contributed by atoms with van der Waals surface area (Å²) in [6, 6.07) is 16.5. The lowest BCUT2D eigenvalue weighted by atomic mass is 10.0. The highest BCUT2D eigenvalue weighted by molar-refractivity contribution is 8.01. The summed E-state index contributed by atoms with van der Waals surface area (Å²) in [5.74, 6) is -0.320. The summed E-state index contributed by atoms with van der Waals surface area (Å²) in [6.45, 7) is 0.281. The molecule has 2 aromatic carbocycles. The van der Waals surface area contributed by atoms with Crippen molar-refractivity contribution in [2.75, 3.05) is 17.3 Å². The van der Waals surface area contributed by atoms with Crippen LogP contribution in [0.4, 0.5) is 10.5 Å². The van der Waals surface area contributed by atoms with Gasteiger partial charge in [-0.15, -0.1) is 11.3 Å². The van der Waals surface area contributed by atoms with E-state index in [0.717, 1.165) is 16.9 Å². The number of aliphatic hydroxyl groups excluding tert-OH is 1. The molecule has 2 heterocycles. The van der Waals surface area contributed by atoms with E-state index in [-0.39, 0.29) is 17.5 Å². The molecule has 1 aromatic heterocycles. The summed E-state index contributed by atoms with van der Waals surface area (Å²) in [6.07, 6.45) is 0.808. The molecule has 0 radical (unpaired) electrons. The Morgan fingerprint density at radius 1 is 1.23 bits per heavy atom. The summed E-state index contributed by atoms with van der Waals surface area (Å²) >= 11 is 2.60. The van der Waals surface area contributed by atoms with Gasteiger partial charge in [-0.05, 0) is 29.7 Å². The first-order chi connectivity index (χ1) is 15.0. The molecule has 1 unspecified atom stereocenters. The molecular formula is C22H20N2O5S2. The van der Waals surface area contributed by atoms with Gasteiger partial charge in [-0.2, -0.15) is 0 Å². The third-order valence-electron chi connectivity index (χ3n) is 4.91. The van der Waals surface area contributed by atoms with Crippen molar-refractivity contribution in [1.29, 1.82) is 0 Å². The highest BCUT2D eigenvalue weighted by atomic mass is 32.2. The molecule has 0 aliphatic carbocycles. The van der Waals surface area contributed by atoms with Crippen LogP contribution in [0.25, 0.3) is 0 Å². The van der Waals surface area contributed by atoms with Crippen LogP contribution < -0.4 is 4.90 Å². The molecule has 1 saturated heterocycles. The molecule has 2 atom stereocenters. The van der Waals surface area contributed by atoms with Crippen LogP contribution in [-0.4, -0.2) is 45.7 Å². The van der Waals surface area contributed by atoms with Crippen molar-refractivity contribution in [1.82, 2.24) is 4.98 Å². The lowest BCUT2D eigenvalue weighted by Gasteiger charge is -2.22. The van der Waals surface area contributed by atoms with E-state index in [1.54, 1.807) is 4.90 Å². The van der Waals surface area contributed by atoms with Crippen molar-refractivity contribution in [3.8, 4) is 0 Å². The number of hydrogen-bond acceptors (Lipinski definition) is 7. The van der Waals surface area contributed by atoms with E-state index in [0.29, 0.717) is 27.8 Å². The zero-order chi connectivity index (χ0) is 21.8. The molecule has 31 heavy (non-hydrogen) atoms. The number of aromatic nitrogens is 1. The lowest BCUT2D eigenvalue weighted by Crippen LogP contribution is -2.33. The van der Waals surface area contributed by atoms with Crippen LogP contribution >= 0.6 is 23.1 Å². The number of thioether (sulfide) groups is 1. The summed E-state index contributed by atoms with van der Waals surface area (Å²) in [7, 11) is 0. The molecule has 1 aliphatic rings. The number of carbonyl (C=O) groups excluding carboxylic acids is 1. The predicted molar refractivity (Wildman–Crippen MR) is 119 cm³/mol. The van der Waals surface area contributed by atoms with Gasteiger partial charge in [-0.25, -0.2) is 14.6 Å². The van der Waals surface area contributed by atoms with E-state index in [4.69, 9.17) is 9.84 Å². The van der Waals surface area contributed by atoms with Gasteiger partial charge in [-0.1, -0.05) is 54.2 Å². The maximum Gasteiger partial charge on any atom is 0.414 e. The molecule has 0 spiro atoms. The number of cyclic esters (lactones) is 1. The molecule has 4 rings (SSSR count). The van der Waals surface area contributed by atoms with Crippen LogP contribution in [0, 0.1) is 0 Å². The van der Waals surface area contributed by atoms with Gasteiger partial charge in [0.15, 0.2) is 4.34 Å². The number of aliphatic hydroxyl groups is 1. The monoisotopic (exact) mass is 456 g/mol. The van der Waals surface area contributed by atoms with Crippen molar-refractivity contribution >= 4 is 40.8 Å². The Morgan fingerprint density at radius 2 is 2.00 bits per heavy atom. The molecular weight excluding hydrogens is 436 g/mol. The van der Waals surface area contributed by atoms with Gasteiger partial charge in [0.1, 0.15) is 17.6 Å². The topological polar surface area (TPSA) is 100.0 Å². The first kappa shape index (κ1) is 21.4. The molecule has 1 fully saturated rings. The van der Waals surface area contributed by atoms with Crippen LogP contribution in [0.1, 0.15) is 33.3 Å². The van der Waals surface area contributed by atoms with E-state index in [1.165, 1.54) is 18.0 Å². The zero-order valence-electron chi connectivity index (χ0n) is 16.4. The largest absolute Gasteiger partial charge is 0.477 e. The number of carboxylic acids is 1. The smallest absolute Gasteiger partial charge is 0.414 e. The molecule has 9 heteroatoms. The molecule has 1 amide bonds. The first-order valence-electron chi connectivity index (χ1n) is 9.64. The van der Waals surface area contributed by atoms with Crippen LogP contribution in [0.2, 0.25) is 0 Å². The van der Waals surface area contributed by atoms with Crippen molar-refractivity contribution < 1.29 is 24.5 Å². The van der Waals surface area contributed by atoms with Gasteiger partial charge < -0.3 is 14.9 Å². The van der Waals surface area contributed by atoms with Crippen LogP contribution in [-0.2, 0) is 4.74 Å². The van der Waals surface area contributed by atoms with E-state index in [9.17, 15) is 14.7 Å². The van der Waals surface area contributed by atoms with Crippen LogP contribution in [0.15, 0.2) is 65.1 Å². The van der Waals surface area contributed by atoms with Gasteiger partial charge in [0.25, 0.3) is 0 Å². The SMILES string of the molecule is O=C(O)c1cnc(SCC[C@H]2COC(=O)N2c2cccc(C(O)c3ccccc3)c2)s1. The Hall–Kier alpha value is -2.88. The molecule has 0 bridgehead atoms. The third-order valence-corrected chi connectivity index (χ3v) is 7.09. The minimum Gasteiger partial charge on any atom is -0.477 e. The summed E-state index contributed by atoms with van der Waals surface area (Å²) < 4.78 is 5.96. The highest BCUT2D eigenvalue weighted by Gasteiger charge is 2.34. The Bertz CT molecular complexity index is 1070. The first-order valence-corrected chi connectivity index (χ1v) is 11.4. The number of carboxylic acid groups (broad SMARTS) is 1. The van der Waals surface area contributed by atoms with E-state index in [1.807, 2.05) is 54.6 Å². The number of amides is 1. The number of rotatable bonds is 8. The second-order valence-corrected chi connectivity index (χ2v) is 9.31. The third kappa shape index (κ3) is 4.90. The number of anilines is 1. The Balaban J connectivity index is 1.44. The molecule has 3 aromatic rings. The zero-order valence-corrected chi connectivity index (χ0v) is 18.0. The second-order valence-electron chi connectivity index (χ2n) is 6.94. The average Bonchev–Trinajstić information content (AvgIpc) is 3.41. The molecule has 1 aliphatic heterocycles. The number of hydrogen-bond donors (Lipinski definition) is 2. The number of ether oxygens (including phenoxy) is 1. The average molecular weight is 457 g/mol. The molecule has 160 valence electrons. The standard InChI is InChI=1S/C22H20N2O5S2/c25-19(14-5-2-1-3-6-14)15-7-4-8-16(11-15)24-17(13-29-22(24)28)9-10-30-21-23-12-18(31-21)20(26)27/h1-8,11-12,17,19,25H,9-10,13H2,(H,26,27)/t17-,19?/m0/s1. The van der Waals surface area contributed by atoms with E-state index in [2.05, 4.69) is 4.98 Å². The van der Waals surface area contributed by atoms with Gasteiger partial charge >= 0.3 is 12.1 Å². The quantitative estimate of drug-likeness (QED) is 0.484. The Morgan fingerprint density at radius 3 is 2.74 bits per heavy atom. The van der Waals surface area contributed by atoms with Crippen molar-refractivity contribution in [3.63, 3.8) is 0 Å². The molecule has 0 saturated carbocycles. The predicted octanol–water partition coefficient (Wildman–Crippen LogP) is 4.43. The Labute approximate surface area is 187 Å². The van der Waals surface area contributed by atoms with Crippen molar-refractivity contribution in [2.45, 2.75) is 22.9 Å². The lowest BCUT2D eigenvalue weighted by molar-refractivity contribution is 0.0702. The Kier molecular flexibility index (Phi) is 6.55. The fraction of sp³-hybridized carbons (Fsp3) is 0.227. The van der Waals surface area contributed by atoms with Crippen LogP contribution in [0.3, 0.4) is 0 Å². The van der Waals surface area contributed by atoms with Crippen LogP contribution in [0.5, 0.6) is 0 Å². The van der Waals surface area contributed by atoms with Gasteiger partial charge in [0, 0.05) is 11.4 Å². The van der Waals surface area contributed by atoms with E-state index < -0.39 is 18.2 Å². The summed E-state index contributed by atoms with van der Waals surface area (Å²) in [5.41, 5.74) is 2.15. The minimum absolute atomic E-state index is 0.150. The normalized spacial score (nSPS) is 16.9. The number of carbonyl (C=O) groups is 2. The van der Waals surface area contributed by atoms with Crippen molar-refractivity contribution in [2.24, 2.45) is 0 Å². The number of benzene rings is 2. The number of thiazole rings is 1. The van der Waals surface area contributed by atoms with Gasteiger partial charge in [0.05, 0.1) is 12.2 Å². The fourth-order valence-electron chi connectivity index (χ4n) is 3.37. The number of nitrogens with zero attached hydrogens (tertiary/aromatic N) is 2. The maximum absolute atomic E-state index is 12.4. The van der Waals surface area contributed by atoms with Crippen molar-refractivity contribution in [3.05, 3.63) is 76.8 Å². The highest BCUT2D eigenvalue weighted by Crippen LogP contribution is 2.31. The molecule has 2 N–H and O–H groups in total. The summed E-state index contributed by atoms with van der Waals surface area (Å²) in [4.78, 5) is 29.3. The fourth-order valence-corrected chi connectivity index (χ4v) is 5.30. The van der Waals surface area contributed by atoms with E-state index >= 15 is 0 Å². The van der Waals surface area contributed by atoms with Gasteiger partial charge in [-0.3, -0.25) is 4.90 Å². The summed E-state index contributed by atoms with van der Waals surface area (Å²) in [5, 5.41) is 19.7. The number of aromatic carboxylic acids is 1. The maximum atomic E-state index is 12.4. The second kappa shape index (κ2) is 9.51.